The monoisotopic (exact) mass is 410 g/mol. The van der Waals surface area contributed by atoms with Crippen LogP contribution in [0.5, 0.6) is 0 Å². The van der Waals surface area contributed by atoms with Crippen LogP contribution in [0.1, 0.15) is 38.5 Å². The summed E-state index contributed by atoms with van der Waals surface area (Å²) in [7, 11) is 0. The van der Waals surface area contributed by atoms with E-state index in [1.165, 1.54) is 0 Å². The Bertz CT molecular complexity index is 490. The fraction of sp³-hybridized carbons (Fsp3) is 0.571. The molecule has 0 unspecified atom stereocenters. The third kappa shape index (κ3) is 34.0. The Morgan fingerprint density at radius 1 is 0.714 bits per heavy atom. The second-order valence-electron chi connectivity index (χ2n) is 4.97. The van der Waals surface area contributed by atoms with Gasteiger partial charge in [0.15, 0.2) is 5.96 Å². The molecule has 162 valence electrons. The lowest BCUT2D eigenvalue weighted by Crippen LogP contribution is -2.30. The van der Waals surface area contributed by atoms with Gasteiger partial charge in [0.25, 0.3) is 0 Å². The van der Waals surface area contributed by atoms with Gasteiger partial charge in [0, 0.05) is 6.54 Å². The predicted octanol–water partition coefficient (Wildman–Crippen LogP) is -1.68. The quantitative estimate of drug-likeness (QED) is 0.107. The van der Waals surface area contributed by atoms with Crippen LogP contribution in [0, 0.1) is 0 Å². The summed E-state index contributed by atoms with van der Waals surface area (Å²) in [5.74, 6) is -5.29. The fourth-order valence-electron chi connectivity index (χ4n) is 1.07. The van der Waals surface area contributed by atoms with Gasteiger partial charge in [-0.15, -0.1) is 0 Å². The van der Waals surface area contributed by atoms with E-state index < -0.39 is 35.9 Å². The van der Waals surface area contributed by atoms with Gasteiger partial charge in [-0.1, -0.05) is 0 Å². The number of carboxylic acid groups (broad SMARTS) is 5. The first-order chi connectivity index (χ1) is 12.8. The Hall–Kier alpha value is -3.42. The van der Waals surface area contributed by atoms with E-state index in [0.29, 0.717) is 19.4 Å². The van der Waals surface area contributed by atoms with Crippen molar-refractivity contribution < 1.29 is 49.5 Å². The van der Waals surface area contributed by atoms with Gasteiger partial charge in [0.2, 0.25) is 0 Å². The smallest absolute Gasteiger partial charge is 0.320 e. The molecule has 0 saturated carbocycles. The number of hydrogen-bond acceptors (Lipinski definition) is 7. The van der Waals surface area contributed by atoms with Crippen molar-refractivity contribution in [3.63, 3.8) is 0 Å². The van der Waals surface area contributed by atoms with E-state index in [0.717, 1.165) is 0 Å². The number of carboxylic acids is 5. The minimum absolute atomic E-state index is 0.0129. The fourth-order valence-corrected chi connectivity index (χ4v) is 1.07. The molecule has 28 heavy (non-hydrogen) atoms. The Kier molecular flexibility index (Phi) is 19.3. The number of aliphatic imine (C=N–C) groups is 1. The first-order valence-electron chi connectivity index (χ1n) is 7.70. The van der Waals surface area contributed by atoms with Crippen molar-refractivity contribution in [3.8, 4) is 0 Å². The maximum absolute atomic E-state index is 10.2. The van der Waals surface area contributed by atoms with E-state index in [-0.39, 0.29) is 31.6 Å². The summed E-state index contributed by atoms with van der Waals surface area (Å²) < 4.78 is 0. The zero-order valence-corrected chi connectivity index (χ0v) is 15.0. The summed E-state index contributed by atoms with van der Waals surface area (Å²) in [5, 5.41) is 40.0. The minimum atomic E-state index is -1.08. The van der Waals surface area contributed by atoms with Crippen molar-refractivity contribution in [1.82, 2.24) is 0 Å². The molecule has 0 amide bonds. The van der Waals surface area contributed by atoms with Gasteiger partial charge in [-0.05, 0) is 12.8 Å². The summed E-state index contributed by atoms with van der Waals surface area (Å²) in [6.07, 6.45) is -0.229. The molecule has 0 aliphatic heterocycles. The van der Waals surface area contributed by atoms with Gasteiger partial charge in [0.1, 0.15) is 6.04 Å². The molecule has 0 saturated heterocycles. The van der Waals surface area contributed by atoms with Crippen LogP contribution < -0.4 is 17.2 Å². The van der Waals surface area contributed by atoms with Crippen molar-refractivity contribution in [2.45, 2.75) is 44.6 Å². The lowest BCUT2D eigenvalue weighted by atomic mass is 10.2. The highest BCUT2D eigenvalue weighted by Gasteiger charge is 2.09. The van der Waals surface area contributed by atoms with Crippen LogP contribution in [0.15, 0.2) is 4.99 Å². The largest absolute Gasteiger partial charge is 0.481 e. The van der Waals surface area contributed by atoms with Crippen molar-refractivity contribution in [2.75, 3.05) is 6.54 Å². The molecule has 0 aromatic rings. The highest BCUT2D eigenvalue weighted by molar-refractivity contribution is 5.76. The van der Waals surface area contributed by atoms with Gasteiger partial charge in [0.05, 0.1) is 25.7 Å². The number of guanidine groups is 1. The third-order valence-electron chi connectivity index (χ3n) is 2.39. The Balaban J connectivity index is -0.000000347. The molecule has 0 rings (SSSR count). The maximum atomic E-state index is 10.2. The molecule has 14 nitrogen and oxygen atoms in total. The zero-order valence-electron chi connectivity index (χ0n) is 15.0. The number of rotatable bonds is 11. The van der Waals surface area contributed by atoms with Crippen LogP contribution >= 0.6 is 0 Å². The number of nitrogens with zero attached hydrogens (tertiary/aromatic N) is 1. The molecule has 14 heteroatoms. The summed E-state index contributed by atoms with van der Waals surface area (Å²) in [5.41, 5.74) is 15.3. The Morgan fingerprint density at radius 2 is 1.04 bits per heavy atom. The molecule has 0 aliphatic carbocycles. The average molecular weight is 410 g/mol. The molecule has 0 radical (unpaired) electrons. The zero-order chi connectivity index (χ0) is 22.7. The first kappa shape index (κ1) is 29.3. The summed E-state index contributed by atoms with van der Waals surface area (Å²) >= 11 is 0. The number of nitrogens with two attached hydrogens (primary N) is 3. The molecule has 0 fully saturated rings. The standard InChI is InChI=1S/C6H14N4O2.2C4H6O4/c7-4(5(11)12)2-1-3-10-6(8)9;2*5-3(6)1-2-4(7)8/h4H,1-3,7H2,(H,11,12)(H4,8,9,10);2*1-2H2,(H,5,6)(H,7,8)/t4-;;/m0../s1. The molecule has 0 heterocycles. The van der Waals surface area contributed by atoms with E-state index in [4.69, 9.17) is 42.7 Å². The number of carbonyl (C=O) groups is 5. The predicted molar refractivity (Wildman–Crippen MR) is 94.5 cm³/mol. The molecule has 0 spiro atoms. The highest BCUT2D eigenvalue weighted by atomic mass is 16.4. The summed E-state index contributed by atoms with van der Waals surface area (Å²) in [6, 6.07) is -0.820. The van der Waals surface area contributed by atoms with Gasteiger partial charge >= 0.3 is 29.8 Å². The van der Waals surface area contributed by atoms with Crippen molar-refractivity contribution >= 4 is 35.8 Å². The molecule has 0 aromatic heterocycles. The molecule has 0 aliphatic rings. The minimum Gasteiger partial charge on any atom is -0.481 e. The topological polar surface area (TPSA) is 277 Å². The number of hydrogen-bond donors (Lipinski definition) is 8. The first-order valence-corrected chi connectivity index (χ1v) is 7.70. The maximum Gasteiger partial charge on any atom is 0.320 e. The molecular weight excluding hydrogens is 384 g/mol. The lowest BCUT2D eigenvalue weighted by Gasteiger charge is -2.03. The van der Waals surface area contributed by atoms with Gasteiger partial charge in [-0.25, -0.2) is 0 Å². The van der Waals surface area contributed by atoms with Crippen molar-refractivity contribution in [2.24, 2.45) is 22.2 Å². The Morgan fingerprint density at radius 3 is 1.25 bits per heavy atom. The summed E-state index contributed by atoms with van der Waals surface area (Å²) in [4.78, 5) is 52.5. The average Bonchev–Trinajstić information content (AvgIpc) is 2.55. The van der Waals surface area contributed by atoms with Crippen LogP contribution in [-0.4, -0.2) is 73.9 Å². The third-order valence-corrected chi connectivity index (χ3v) is 2.39. The SMILES string of the molecule is NC(N)=NCCC[C@H](N)C(=O)O.O=C(O)CCC(=O)O.O=C(O)CCC(=O)O. The molecule has 0 bridgehead atoms. The van der Waals surface area contributed by atoms with Crippen molar-refractivity contribution in [1.29, 1.82) is 0 Å². The number of aliphatic carboxylic acids is 5. The molecule has 1 atom stereocenters. The molecule has 0 aromatic carbocycles. The van der Waals surface area contributed by atoms with E-state index in [1.807, 2.05) is 0 Å². The lowest BCUT2D eigenvalue weighted by molar-refractivity contribution is -0.143. The van der Waals surface area contributed by atoms with E-state index in [9.17, 15) is 24.0 Å². The highest BCUT2D eigenvalue weighted by Crippen LogP contribution is 1.94. The van der Waals surface area contributed by atoms with E-state index >= 15 is 0 Å². The van der Waals surface area contributed by atoms with Crippen LogP contribution in [0.25, 0.3) is 0 Å². The van der Waals surface area contributed by atoms with Crippen molar-refractivity contribution in [3.05, 3.63) is 0 Å². The molecular formula is C14H26N4O10. The molecule has 11 N–H and O–H groups in total. The van der Waals surface area contributed by atoms with E-state index in [2.05, 4.69) is 4.99 Å². The van der Waals surface area contributed by atoms with Gasteiger partial charge in [-0.2, -0.15) is 0 Å². The second-order valence-corrected chi connectivity index (χ2v) is 4.97. The van der Waals surface area contributed by atoms with Gasteiger partial charge < -0.3 is 42.7 Å². The van der Waals surface area contributed by atoms with Crippen LogP contribution in [0.3, 0.4) is 0 Å². The van der Waals surface area contributed by atoms with E-state index in [1.54, 1.807) is 0 Å². The summed E-state index contributed by atoms with van der Waals surface area (Å²) in [6.45, 7) is 0.420. The van der Waals surface area contributed by atoms with Gasteiger partial charge in [-0.3, -0.25) is 29.0 Å². The Labute approximate surface area is 159 Å². The van der Waals surface area contributed by atoms with Crippen LogP contribution in [0.2, 0.25) is 0 Å². The second kappa shape index (κ2) is 18.4. The normalized spacial score (nSPS) is 10.0. The van der Waals surface area contributed by atoms with Crippen LogP contribution in [-0.2, 0) is 24.0 Å². The van der Waals surface area contributed by atoms with Crippen LogP contribution in [0.4, 0.5) is 0 Å².